The Kier molecular flexibility index (Phi) is 5.54. The Hall–Kier alpha value is -2.83. The molecule has 4 rings (SSSR count). The molecular formula is C22H23N5O2S2. The van der Waals surface area contributed by atoms with Crippen molar-refractivity contribution in [1.82, 2.24) is 10.2 Å². The topological polar surface area (TPSA) is 105 Å². The van der Waals surface area contributed by atoms with E-state index in [0.717, 1.165) is 15.6 Å². The number of hydrogen-bond donors (Lipinski definition) is 1. The van der Waals surface area contributed by atoms with Gasteiger partial charge in [0.25, 0.3) is 0 Å². The molecule has 1 unspecified atom stereocenters. The molecule has 9 heteroatoms. The Bertz CT molecular complexity index is 1160. The van der Waals surface area contributed by atoms with Gasteiger partial charge in [-0.25, -0.2) is 0 Å². The first-order chi connectivity index (χ1) is 14.8. The second-order valence-corrected chi connectivity index (χ2v) is 10.3. The number of hydrogen-bond acceptors (Lipinski definition) is 9. The number of nitrogens with two attached hydrogens (primary N) is 1. The second kappa shape index (κ2) is 8.02. The van der Waals surface area contributed by atoms with Crippen LogP contribution < -0.4 is 15.4 Å². The monoisotopic (exact) mass is 453 g/mol. The Morgan fingerprint density at radius 2 is 2.13 bits per heavy atom. The molecule has 2 heterocycles. The number of rotatable bonds is 4. The number of methoxy groups -OCH3 is 1. The zero-order valence-electron chi connectivity index (χ0n) is 17.8. The van der Waals surface area contributed by atoms with Gasteiger partial charge in [0.15, 0.2) is 10.1 Å². The molecular weight excluding hydrogens is 430 g/mol. The van der Waals surface area contributed by atoms with Crippen molar-refractivity contribution >= 4 is 34.0 Å². The molecule has 31 heavy (non-hydrogen) atoms. The molecule has 7 nitrogen and oxygen atoms in total. The van der Waals surface area contributed by atoms with Crippen molar-refractivity contribution < 1.29 is 9.53 Å². The second-order valence-electron chi connectivity index (χ2n) is 8.31. The lowest BCUT2D eigenvalue weighted by atomic mass is 9.68. The van der Waals surface area contributed by atoms with Crippen molar-refractivity contribution in [2.45, 2.75) is 36.9 Å². The number of allylic oxidation sites excluding steroid dienone is 3. The van der Waals surface area contributed by atoms with Gasteiger partial charge in [-0.1, -0.05) is 49.1 Å². The van der Waals surface area contributed by atoms with Crippen molar-refractivity contribution in [3.05, 3.63) is 52.5 Å². The maximum atomic E-state index is 13.5. The predicted octanol–water partition coefficient (Wildman–Crippen LogP) is 4.21. The van der Waals surface area contributed by atoms with Crippen LogP contribution in [0.3, 0.4) is 0 Å². The molecule has 0 bridgehead atoms. The Morgan fingerprint density at radius 1 is 1.35 bits per heavy atom. The van der Waals surface area contributed by atoms with E-state index in [0.29, 0.717) is 40.7 Å². The highest BCUT2D eigenvalue weighted by molar-refractivity contribution is 8.00. The number of anilines is 1. The minimum Gasteiger partial charge on any atom is -0.497 e. The molecule has 2 aliphatic rings. The number of Topliss-reactive ketones (excluding diaryl/α,β-unsaturated/α-hetero) is 1. The van der Waals surface area contributed by atoms with Gasteiger partial charge in [0, 0.05) is 17.7 Å². The number of benzene rings is 1. The van der Waals surface area contributed by atoms with Crippen LogP contribution in [-0.2, 0) is 4.79 Å². The smallest absolute Gasteiger partial charge is 0.219 e. The largest absolute Gasteiger partial charge is 0.497 e. The number of nitriles is 1. The summed E-state index contributed by atoms with van der Waals surface area (Å²) < 4.78 is 6.17. The number of ether oxygens (including phenoxy) is 1. The molecule has 1 atom stereocenters. The quantitative estimate of drug-likeness (QED) is 0.687. The molecule has 2 N–H and O–H groups in total. The molecule has 1 aliphatic heterocycles. The Morgan fingerprint density at radius 3 is 2.77 bits per heavy atom. The molecule has 0 spiro atoms. The van der Waals surface area contributed by atoms with Gasteiger partial charge < -0.3 is 10.5 Å². The molecule has 0 amide bonds. The maximum Gasteiger partial charge on any atom is 0.219 e. The molecule has 1 aliphatic carbocycles. The molecule has 0 saturated heterocycles. The van der Waals surface area contributed by atoms with Crippen LogP contribution in [-0.4, -0.2) is 29.3 Å². The lowest BCUT2D eigenvalue weighted by molar-refractivity contribution is -0.118. The standard InChI is InChI=1S/C22H23N5O2S2/c1-22(2)9-15-18(16(28)10-22)17(12-6-5-7-13(8-12)29-3)14(11-23)19(24)27(15)20-25-26-21(30-4)31-20/h5-8,17H,9-10,24H2,1-4H3. The highest BCUT2D eigenvalue weighted by atomic mass is 32.2. The zero-order chi connectivity index (χ0) is 22.3. The highest BCUT2D eigenvalue weighted by Gasteiger charge is 2.45. The van der Waals surface area contributed by atoms with Crippen molar-refractivity contribution in [1.29, 1.82) is 5.26 Å². The van der Waals surface area contributed by atoms with Gasteiger partial charge in [0.2, 0.25) is 5.13 Å². The summed E-state index contributed by atoms with van der Waals surface area (Å²) in [6, 6.07) is 9.73. The normalized spacial score (nSPS) is 20.5. The van der Waals surface area contributed by atoms with Crippen LogP contribution >= 0.6 is 23.1 Å². The van der Waals surface area contributed by atoms with Crippen molar-refractivity contribution in [3.63, 3.8) is 0 Å². The Labute approximate surface area is 189 Å². The molecule has 1 aromatic heterocycles. The summed E-state index contributed by atoms with van der Waals surface area (Å²) in [5.41, 5.74) is 8.91. The number of nitrogens with zero attached hydrogens (tertiary/aromatic N) is 4. The Balaban J connectivity index is 1.98. The number of thioether (sulfide) groups is 1. The number of carbonyl (C=O) groups excluding carboxylic acids is 1. The van der Waals surface area contributed by atoms with E-state index in [1.807, 2.05) is 30.5 Å². The van der Waals surface area contributed by atoms with Crippen LogP contribution in [0.15, 0.2) is 51.3 Å². The first-order valence-corrected chi connectivity index (χ1v) is 11.8. The third-order valence-corrected chi connectivity index (χ3v) is 7.45. The highest BCUT2D eigenvalue weighted by Crippen LogP contribution is 2.50. The fourth-order valence-corrected chi connectivity index (χ4v) is 5.56. The van der Waals surface area contributed by atoms with Gasteiger partial charge in [-0.05, 0) is 35.8 Å². The van der Waals surface area contributed by atoms with Gasteiger partial charge in [0.1, 0.15) is 11.6 Å². The third-order valence-electron chi connectivity index (χ3n) is 5.57. The van der Waals surface area contributed by atoms with E-state index in [9.17, 15) is 10.1 Å². The molecule has 160 valence electrons. The summed E-state index contributed by atoms with van der Waals surface area (Å²) in [5.74, 6) is 0.445. The molecule has 0 fully saturated rings. The summed E-state index contributed by atoms with van der Waals surface area (Å²) in [6.45, 7) is 4.14. The number of ketones is 1. The van der Waals surface area contributed by atoms with Crippen LogP contribution in [0.25, 0.3) is 0 Å². The fourth-order valence-electron chi connectivity index (χ4n) is 4.26. The summed E-state index contributed by atoms with van der Waals surface area (Å²) in [5, 5.41) is 19.2. The molecule has 0 radical (unpaired) electrons. The van der Waals surface area contributed by atoms with E-state index in [4.69, 9.17) is 10.5 Å². The van der Waals surface area contributed by atoms with Crippen molar-refractivity contribution in [2.24, 2.45) is 11.1 Å². The van der Waals surface area contributed by atoms with Crippen LogP contribution in [0.5, 0.6) is 5.75 Å². The van der Waals surface area contributed by atoms with Crippen LogP contribution in [0, 0.1) is 16.7 Å². The summed E-state index contributed by atoms with van der Waals surface area (Å²) >= 11 is 2.89. The SMILES string of the molecule is COc1cccc(C2C(C#N)=C(N)N(c3nnc(SC)s3)C3=C2C(=O)CC(C)(C)C3)c1. The zero-order valence-corrected chi connectivity index (χ0v) is 19.4. The lowest BCUT2D eigenvalue weighted by Crippen LogP contribution is -2.42. The minimum atomic E-state index is -0.539. The summed E-state index contributed by atoms with van der Waals surface area (Å²) in [6.07, 6.45) is 2.98. The van der Waals surface area contributed by atoms with Crippen LogP contribution in [0.2, 0.25) is 0 Å². The van der Waals surface area contributed by atoms with Gasteiger partial charge >= 0.3 is 0 Å². The molecule has 2 aromatic rings. The number of carbonyl (C=O) groups is 1. The first kappa shape index (κ1) is 21.4. The van der Waals surface area contributed by atoms with Gasteiger partial charge in [0.05, 0.1) is 24.7 Å². The van der Waals surface area contributed by atoms with E-state index in [2.05, 4.69) is 30.1 Å². The average molecular weight is 454 g/mol. The maximum absolute atomic E-state index is 13.5. The number of aromatic nitrogens is 2. The summed E-state index contributed by atoms with van der Waals surface area (Å²) in [7, 11) is 1.59. The molecule has 1 aromatic carbocycles. The van der Waals surface area contributed by atoms with Crippen molar-refractivity contribution in [2.75, 3.05) is 18.3 Å². The average Bonchev–Trinajstić information content (AvgIpc) is 3.20. The van der Waals surface area contributed by atoms with Gasteiger partial charge in [-0.2, -0.15) is 5.26 Å². The fraction of sp³-hybridized carbons (Fsp3) is 0.364. The van der Waals surface area contributed by atoms with Crippen LogP contribution in [0.4, 0.5) is 5.13 Å². The van der Waals surface area contributed by atoms with E-state index >= 15 is 0 Å². The third kappa shape index (κ3) is 3.70. The van der Waals surface area contributed by atoms with E-state index in [-0.39, 0.29) is 11.2 Å². The summed E-state index contributed by atoms with van der Waals surface area (Å²) in [4.78, 5) is 15.2. The van der Waals surface area contributed by atoms with Gasteiger partial charge in [-0.3, -0.25) is 9.69 Å². The first-order valence-electron chi connectivity index (χ1n) is 9.77. The van der Waals surface area contributed by atoms with E-state index in [1.54, 1.807) is 12.0 Å². The van der Waals surface area contributed by atoms with E-state index in [1.165, 1.54) is 23.1 Å². The molecule has 0 saturated carbocycles. The minimum absolute atomic E-state index is 0.0268. The lowest BCUT2D eigenvalue weighted by Gasteiger charge is -2.42. The van der Waals surface area contributed by atoms with E-state index < -0.39 is 5.92 Å². The predicted molar refractivity (Wildman–Crippen MR) is 122 cm³/mol. The van der Waals surface area contributed by atoms with Gasteiger partial charge in [-0.15, -0.1) is 10.2 Å². The van der Waals surface area contributed by atoms with Crippen LogP contribution in [0.1, 0.15) is 38.2 Å². The van der Waals surface area contributed by atoms with Crippen molar-refractivity contribution in [3.8, 4) is 11.8 Å².